The SMILES string of the molecule is CCC1C(=O)N(C)c2c[nH+]c(Nc3ccc(C(=O)NC[C@H](O)CN4CCN(C)CC4)c4c3OC(C)(C)C4)nc2N1C1CCCCC1. The summed E-state index contributed by atoms with van der Waals surface area (Å²) in [5.74, 6) is 1.86. The fraction of sp³-hybridized carbons (Fsp3) is 0.647. The third-order valence-corrected chi connectivity index (χ3v) is 10.0. The number of H-pyrrole nitrogens is 1. The van der Waals surface area contributed by atoms with Crippen LogP contribution < -0.4 is 30.2 Å². The predicted molar refractivity (Wildman–Crippen MR) is 178 cm³/mol. The lowest BCUT2D eigenvalue weighted by Gasteiger charge is -2.44. The summed E-state index contributed by atoms with van der Waals surface area (Å²) in [7, 11) is 3.93. The predicted octanol–water partition coefficient (Wildman–Crippen LogP) is 2.59. The molecule has 12 heteroatoms. The van der Waals surface area contributed by atoms with Crippen LogP contribution in [-0.2, 0) is 11.2 Å². The van der Waals surface area contributed by atoms with Crippen molar-refractivity contribution >= 4 is 35.0 Å². The van der Waals surface area contributed by atoms with Crippen LogP contribution in [-0.4, -0.2) is 109 Å². The van der Waals surface area contributed by atoms with Crippen molar-refractivity contribution in [2.45, 2.75) is 89.5 Å². The number of anilines is 4. The monoisotopic (exact) mass is 635 g/mol. The van der Waals surface area contributed by atoms with E-state index in [9.17, 15) is 14.7 Å². The zero-order chi connectivity index (χ0) is 32.6. The maximum atomic E-state index is 13.4. The minimum atomic E-state index is -0.644. The van der Waals surface area contributed by atoms with E-state index in [-0.39, 0.29) is 30.4 Å². The van der Waals surface area contributed by atoms with Gasteiger partial charge in [-0.2, -0.15) is 0 Å². The number of benzene rings is 1. The molecule has 3 aliphatic heterocycles. The Morgan fingerprint density at radius 1 is 1.15 bits per heavy atom. The molecule has 4 aliphatic rings. The highest BCUT2D eigenvalue weighted by Crippen LogP contribution is 2.44. The average Bonchev–Trinajstić information content (AvgIpc) is 3.38. The number of carbonyl (C=O) groups is 2. The van der Waals surface area contributed by atoms with Crippen molar-refractivity contribution in [2.24, 2.45) is 0 Å². The number of aliphatic hydroxyl groups excluding tert-OH is 1. The summed E-state index contributed by atoms with van der Waals surface area (Å²) in [5.41, 5.74) is 2.38. The standard InChI is InChI=1S/C34H50N8O4/c1-6-27-32(45)40(5)28-20-36-33(38-30(28)42(27)22-10-8-7-9-11-22)37-26-13-12-24(25-18-34(2,3)46-29(25)26)31(44)35-19-23(43)21-41-16-14-39(4)15-17-41/h12-13,20,22-23,27,43H,6-11,14-19,21H2,1-5H3,(H,35,44)(H,36,37,38)/p+1/t23-,27?/m0/s1. The number of nitrogens with zero attached hydrogens (tertiary/aromatic N) is 5. The first-order valence-corrected chi connectivity index (χ1v) is 17.0. The molecule has 4 N–H and O–H groups in total. The van der Waals surface area contributed by atoms with E-state index >= 15 is 0 Å². The van der Waals surface area contributed by atoms with Crippen LogP contribution in [0.25, 0.3) is 0 Å². The van der Waals surface area contributed by atoms with Crippen LogP contribution in [0.4, 0.5) is 23.1 Å². The number of β-amino-alcohol motifs (C(OH)–C–C–N with tert-alkyl or cyclic N) is 1. The van der Waals surface area contributed by atoms with Crippen LogP contribution in [0.15, 0.2) is 18.3 Å². The molecule has 1 saturated carbocycles. The number of nitrogens with one attached hydrogen (secondary N) is 3. The molecule has 12 nitrogen and oxygen atoms in total. The van der Waals surface area contributed by atoms with Crippen LogP contribution in [0.3, 0.4) is 0 Å². The lowest BCUT2D eigenvalue weighted by atomic mass is 9.91. The minimum absolute atomic E-state index is 0.102. The third-order valence-electron chi connectivity index (χ3n) is 10.0. The van der Waals surface area contributed by atoms with Crippen LogP contribution in [0.2, 0.25) is 0 Å². The van der Waals surface area contributed by atoms with E-state index in [2.05, 4.69) is 44.3 Å². The zero-order valence-corrected chi connectivity index (χ0v) is 28.1. The molecule has 0 radical (unpaired) electrons. The Hall–Kier alpha value is -3.48. The van der Waals surface area contributed by atoms with Crippen LogP contribution in [0.5, 0.6) is 5.75 Å². The highest BCUT2D eigenvalue weighted by atomic mass is 16.5. The molecule has 1 aromatic heterocycles. The second-order valence-corrected chi connectivity index (χ2v) is 14.1. The molecule has 1 aromatic carbocycles. The molecular formula is C34H51N8O4+. The smallest absolute Gasteiger partial charge is 0.396 e. The van der Waals surface area contributed by atoms with Gasteiger partial charge in [0.05, 0.1) is 12.3 Å². The van der Waals surface area contributed by atoms with E-state index in [0.717, 1.165) is 75.4 Å². The second kappa shape index (κ2) is 13.3. The molecule has 1 saturated heterocycles. The number of fused-ring (bicyclic) bond motifs is 2. The van der Waals surface area contributed by atoms with Gasteiger partial charge in [0, 0.05) is 69.9 Å². The molecule has 46 heavy (non-hydrogen) atoms. The Bertz CT molecular complexity index is 1440. The molecular weight excluding hydrogens is 584 g/mol. The molecule has 6 rings (SSSR count). The normalized spacial score (nSPS) is 22.7. The topological polar surface area (TPSA) is 128 Å². The fourth-order valence-corrected chi connectivity index (χ4v) is 7.46. The van der Waals surface area contributed by atoms with Crippen molar-refractivity contribution in [2.75, 3.05) is 68.5 Å². The van der Waals surface area contributed by atoms with Gasteiger partial charge in [0.1, 0.15) is 23.0 Å². The molecule has 0 bridgehead atoms. The van der Waals surface area contributed by atoms with Gasteiger partial charge in [0.15, 0.2) is 5.75 Å². The summed E-state index contributed by atoms with van der Waals surface area (Å²) in [5, 5.41) is 17.0. The van der Waals surface area contributed by atoms with Gasteiger partial charge in [-0.3, -0.25) is 14.5 Å². The first-order valence-electron chi connectivity index (χ1n) is 17.0. The highest BCUT2D eigenvalue weighted by molar-refractivity contribution is 6.04. The third kappa shape index (κ3) is 6.65. The summed E-state index contributed by atoms with van der Waals surface area (Å²) < 4.78 is 6.41. The fourth-order valence-electron chi connectivity index (χ4n) is 7.46. The quantitative estimate of drug-likeness (QED) is 0.381. The van der Waals surface area contributed by atoms with Crippen molar-refractivity contribution < 1.29 is 24.4 Å². The number of hydrogen-bond acceptors (Lipinski definition) is 9. The summed E-state index contributed by atoms with van der Waals surface area (Å²) in [4.78, 5) is 43.6. The number of amides is 2. The molecule has 0 spiro atoms. The van der Waals surface area contributed by atoms with Crippen molar-refractivity contribution in [1.29, 1.82) is 0 Å². The van der Waals surface area contributed by atoms with E-state index in [1.54, 1.807) is 4.90 Å². The van der Waals surface area contributed by atoms with Crippen molar-refractivity contribution in [3.8, 4) is 5.75 Å². The Kier molecular flexibility index (Phi) is 9.40. The van der Waals surface area contributed by atoms with E-state index < -0.39 is 11.7 Å². The molecule has 1 aliphatic carbocycles. The lowest BCUT2D eigenvalue weighted by Crippen LogP contribution is -2.56. The highest BCUT2D eigenvalue weighted by Gasteiger charge is 2.43. The number of carbonyl (C=O) groups excluding carboxylic acids is 2. The van der Waals surface area contributed by atoms with Gasteiger partial charge in [0.25, 0.3) is 5.91 Å². The van der Waals surface area contributed by atoms with Crippen molar-refractivity contribution in [1.82, 2.24) is 20.1 Å². The largest absolute Gasteiger partial charge is 0.484 e. The molecule has 2 amide bonds. The number of ether oxygens (including phenoxy) is 1. The van der Waals surface area contributed by atoms with Crippen LogP contribution in [0.1, 0.15) is 75.2 Å². The minimum Gasteiger partial charge on any atom is -0.484 e. The summed E-state index contributed by atoms with van der Waals surface area (Å²) in [6, 6.07) is 3.72. The van der Waals surface area contributed by atoms with Gasteiger partial charge >= 0.3 is 5.95 Å². The van der Waals surface area contributed by atoms with Crippen LogP contribution >= 0.6 is 0 Å². The van der Waals surface area contributed by atoms with Gasteiger partial charge in [0.2, 0.25) is 11.7 Å². The number of rotatable bonds is 9. The first-order chi connectivity index (χ1) is 22.0. The Labute approximate surface area is 272 Å². The number of aliphatic hydroxyl groups is 1. The lowest BCUT2D eigenvalue weighted by molar-refractivity contribution is -0.363. The number of hydrogen-bond donors (Lipinski definition) is 3. The average molecular weight is 636 g/mol. The summed E-state index contributed by atoms with van der Waals surface area (Å²) in [6.07, 6.45) is 8.18. The van der Waals surface area contributed by atoms with E-state index in [0.29, 0.717) is 35.9 Å². The van der Waals surface area contributed by atoms with Gasteiger partial charge in [-0.15, -0.1) is 0 Å². The Morgan fingerprint density at radius 2 is 1.89 bits per heavy atom. The molecule has 2 fully saturated rings. The van der Waals surface area contributed by atoms with Gasteiger partial charge in [-0.25, -0.2) is 10.3 Å². The molecule has 1 unspecified atom stereocenters. The maximum Gasteiger partial charge on any atom is 0.396 e. The van der Waals surface area contributed by atoms with Crippen molar-refractivity contribution in [3.63, 3.8) is 0 Å². The number of likely N-dealkylation sites (N-methyl/N-ethyl adjacent to an activating group) is 2. The van der Waals surface area contributed by atoms with Gasteiger partial charge in [-0.1, -0.05) is 31.2 Å². The van der Waals surface area contributed by atoms with Crippen molar-refractivity contribution in [3.05, 3.63) is 29.5 Å². The Morgan fingerprint density at radius 3 is 2.61 bits per heavy atom. The Balaban J connectivity index is 1.22. The van der Waals surface area contributed by atoms with Crippen LogP contribution in [0, 0.1) is 0 Å². The molecule has 2 aromatic rings. The summed E-state index contributed by atoms with van der Waals surface area (Å²) in [6.45, 7) is 10.6. The molecule has 250 valence electrons. The molecule has 4 heterocycles. The van der Waals surface area contributed by atoms with E-state index in [4.69, 9.17) is 9.72 Å². The zero-order valence-electron chi connectivity index (χ0n) is 28.1. The first kappa shape index (κ1) is 32.5. The number of piperazine rings is 1. The summed E-state index contributed by atoms with van der Waals surface area (Å²) >= 11 is 0. The van der Waals surface area contributed by atoms with E-state index in [1.165, 1.54) is 6.42 Å². The maximum absolute atomic E-state index is 13.4. The molecule has 2 atom stereocenters. The van der Waals surface area contributed by atoms with Gasteiger partial charge in [-0.05, 0) is 52.3 Å². The second-order valence-electron chi connectivity index (χ2n) is 14.1. The van der Waals surface area contributed by atoms with Gasteiger partial charge < -0.3 is 29.9 Å². The number of aromatic nitrogens is 2. The number of aromatic amines is 1. The van der Waals surface area contributed by atoms with E-state index in [1.807, 2.05) is 39.2 Å².